The molecule has 2 N–H and O–H groups in total. The molecule has 0 spiro atoms. The topological polar surface area (TPSA) is 57.3 Å². The van der Waals surface area contributed by atoms with E-state index in [1.165, 1.54) is 0 Å². The van der Waals surface area contributed by atoms with Crippen LogP contribution in [0, 0.1) is 0 Å². The molecular weight excluding hydrogens is 216 g/mol. The molecule has 1 aromatic rings. The summed E-state index contributed by atoms with van der Waals surface area (Å²) in [7, 11) is 1.86. The molecule has 1 saturated heterocycles. The van der Waals surface area contributed by atoms with Crippen molar-refractivity contribution in [3.8, 4) is 0 Å². The molecular formula is C12H18N4O. The minimum absolute atomic E-state index is 0.0543. The molecule has 2 heterocycles. The van der Waals surface area contributed by atoms with Crippen LogP contribution in [0.4, 0.5) is 11.4 Å². The number of amides is 1. The smallest absolute Gasteiger partial charge is 0.245 e. The first-order valence-corrected chi connectivity index (χ1v) is 5.74. The fourth-order valence-corrected chi connectivity index (χ4v) is 2.06. The lowest BCUT2D eigenvalue weighted by atomic mass is 9.98. The summed E-state index contributed by atoms with van der Waals surface area (Å²) in [6, 6.07) is 2.01. The highest BCUT2D eigenvalue weighted by atomic mass is 16.2. The second-order valence-electron chi connectivity index (χ2n) is 4.65. The summed E-state index contributed by atoms with van der Waals surface area (Å²) in [5, 5.41) is 5.94. The number of rotatable bonds is 2. The van der Waals surface area contributed by atoms with Crippen LogP contribution in [0.2, 0.25) is 0 Å². The third-order valence-electron chi connectivity index (χ3n) is 3.18. The van der Waals surface area contributed by atoms with Gasteiger partial charge >= 0.3 is 0 Å². The van der Waals surface area contributed by atoms with Crippen molar-refractivity contribution < 1.29 is 4.79 Å². The highest BCUT2D eigenvalue weighted by Gasteiger charge is 2.37. The van der Waals surface area contributed by atoms with Crippen molar-refractivity contribution in [3.05, 3.63) is 18.5 Å². The summed E-state index contributed by atoms with van der Waals surface area (Å²) in [4.78, 5) is 18.1. The van der Waals surface area contributed by atoms with E-state index in [0.717, 1.165) is 17.9 Å². The van der Waals surface area contributed by atoms with Gasteiger partial charge in [-0.05, 0) is 19.9 Å². The number of hydrogen-bond donors (Lipinski definition) is 2. The van der Waals surface area contributed by atoms with Gasteiger partial charge < -0.3 is 15.5 Å². The minimum atomic E-state index is -0.535. The molecule has 0 atom stereocenters. The molecule has 1 aliphatic heterocycles. The van der Waals surface area contributed by atoms with Gasteiger partial charge in [-0.25, -0.2) is 0 Å². The molecule has 2 rings (SSSR count). The maximum atomic E-state index is 11.9. The summed E-state index contributed by atoms with van der Waals surface area (Å²) in [6.45, 7) is 5.32. The van der Waals surface area contributed by atoms with Crippen molar-refractivity contribution >= 4 is 17.3 Å². The molecule has 1 aliphatic rings. The van der Waals surface area contributed by atoms with Gasteiger partial charge in [-0.15, -0.1) is 0 Å². The molecule has 17 heavy (non-hydrogen) atoms. The van der Waals surface area contributed by atoms with Gasteiger partial charge in [0.05, 0.1) is 23.8 Å². The second kappa shape index (κ2) is 4.24. The van der Waals surface area contributed by atoms with Crippen LogP contribution in [-0.2, 0) is 4.79 Å². The summed E-state index contributed by atoms with van der Waals surface area (Å²) < 4.78 is 0. The zero-order valence-electron chi connectivity index (χ0n) is 10.4. The molecule has 5 nitrogen and oxygen atoms in total. The number of nitrogens with one attached hydrogen (secondary N) is 2. The van der Waals surface area contributed by atoms with Crippen LogP contribution < -0.4 is 15.5 Å². The molecule has 0 unspecified atom stereocenters. The molecule has 0 bridgehead atoms. The Balaban J connectivity index is 2.34. The van der Waals surface area contributed by atoms with Crippen LogP contribution in [0.5, 0.6) is 0 Å². The van der Waals surface area contributed by atoms with E-state index >= 15 is 0 Å². The molecule has 0 radical (unpaired) electrons. The highest BCUT2D eigenvalue weighted by Crippen LogP contribution is 2.27. The van der Waals surface area contributed by atoms with E-state index in [4.69, 9.17) is 0 Å². The van der Waals surface area contributed by atoms with E-state index in [2.05, 4.69) is 20.5 Å². The average molecular weight is 234 g/mol. The molecule has 1 fully saturated rings. The van der Waals surface area contributed by atoms with Crippen LogP contribution in [0.3, 0.4) is 0 Å². The lowest BCUT2D eigenvalue weighted by Crippen LogP contribution is -2.62. The third kappa shape index (κ3) is 2.05. The first-order chi connectivity index (χ1) is 8.05. The van der Waals surface area contributed by atoms with Gasteiger partial charge in [-0.1, -0.05) is 0 Å². The Morgan fingerprint density at radius 1 is 1.47 bits per heavy atom. The third-order valence-corrected chi connectivity index (χ3v) is 3.18. The molecule has 92 valence electrons. The number of anilines is 2. The molecule has 0 aliphatic carbocycles. The molecule has 5 heteroatoms. The van der Waals surface area contributed by atoms with Crippen LogP contribution in [0.1, 0.15) is 13.8 Å². The second-order valence-corrected chi connectivity index (χ2v) is 4.65. The van der Waals surface area contributed by atoms with E-state index in [1.807, 2.05) is 27.0 Å². The summed E-state index contributed by atoms with van der Waals surface area (Å²) in [6.07, 6.45) is 3.56. The number of piperazine rings is 1. The zero-order valence-corrected chi connectivity index (χ0v) is 10.4. The predicted molar refractivity (Wildman–Crippen MR) is 68.2 cm³/mol. The maximum absolute atomic E-state index is 11.9. The summed E-state index contributed by atoms with van der Waals surface area (Å²) in [5.41, 5.74) is 1.38. The number of carbonyl (C=O) groups is 1. The standard InChI is InChI=1S/C12H18N4O/c1-12(2)11(17)15-4-5-16(12)10-6-9(13-3)7-14-8-10/h6-8,13H,4-5H2,1-3H3,(H,15,17). The first kappa shape index (κ1) is 11.7. The molecule has 0 saturated carbocycles. The largest absolute Gasteiger partial charge is 0.387 e. The van der Waals surface area contributed by atoms with E-state index in [1.54, 1.807) is 12.4 Å². The molecule has 1 amide bonds. The Kier molecular flexibility index (Phi) is 2.92. The van der Waals surface area contributed by atoms with Crippen molar-refractivity contribution in [2.45, 2.75) is 19.4 Å². The number of nitrogens with zero attached hydrogens (tertiary/aromatic N) is 2. The monoisotopic (exact) mass is 234 g/mol. The van der Waals surface area contributed by atoms with E-state index in [9.17, 15) is 4.79 Å². The van der Waals surface area contributed by atoms with Gasteiger partial charge in [-0.3, -0.25) is 9.78 Å². The van der Waals surface area contributed by atoms with E-state index in [0.29, 0.717) is 6.54 Å². The van der Waals surface area contributed by atoms with Crippen LogP contribution in [0.15, 0.2) is 18.5 Å². The minimum Gasteiger partial charge on any atom is -0.387 e. The SMILES string of the molecule is CNc1cncc(N2CCNC(=O)C2(C)C)c1. The summed E-state index contributed by atoms with van der Waals surface area (Å²) in [5.74, 6) is 0.0543. The van der Waals surface area contributed by atoms with Crippen molar-refractivity contribution in [2.24, 2.45) is 0 Å². The van der Waals surface area contributed by atoms with Gasteiger partial charge in [0.2, 0.25) is 5.91 Å². The average Bonchev–Trinajstić information content (AvgIpc) is 2.32. The Labute approximate surface area is 101 Å². The fraction of sp³-hybridized carbons (Fsp3) is 0.500. The van der Waals surface area contributed by atoms with Gasteiger partial charge in [-0.2, -0.15) is 0 Å². The van der Waals surface area contributed by atoms with Gasteiger partial charge in [0, 0.05) is 20.1 Å². The van der Waals surface area contributed by atoms with Gasteiger partial charge in [0.15, 0.2) is 0 Å². The van der Waals surface area contributed by atoms with Crippen molar-refractivity contribution in [1.29, 1.82) is 0 Å². The number of pyridine rings is 1. The maximum Gasteiger partial charge on any atom is 0.245 e. The van der Waals surface area contributed by atoms with Gasteiger partial charge in [0.1, 0.15) is 5.54 Å². The van der Waals surface area contributed by atoms with Crippen molar-refractivity contribution in [2.75, 3.05) is 30.4 Å². The Morgan fingerprint density at radius 2 is 2.24 bits per heavy atom. The zero-order chi connectivity index (χ0) is 12.5. The quantitative estimate of drug-likeness (QED) is 0.796. The van der Waals surface area contributed by atoms with E-state index < -0.39 is 5.54 Å². The number of carbonyl (C=O) groups excluding carboxylic acids is 1. The van der Waals surface area contributed by atoms with Crippen LogP contribution in [-0.4, -0.2) is 36.6 Å². The molecule has 1 aromatic heterocycles. The highest BCUT2D eigenvalue weighted by molar-refractivity contribution is 5.90. The Hall–Kier alpha value is -1.78. The van der Waals surface area contributed by atoms with Crippen LogP contribution >= 0.6 is 0 Å². The Bertz CT molecular complexity index is 430. The first-order valence-electron chi connectivity index (χ1n) is 5.74. The number of aromatic nitrogens is 1. The summed E-state index contributed by atoms with van der Waals surface area (Å²) >= 11 is 0. The van der Waals surface area contributed by atoms with Crippen molar-refractivity contribution in [1.82, 2.24) is 10.3 Å². The van der Waals surface area contributed by atoms with Crippen LogP contribution in [0.25, 0.3) is 0 Å². The van der Waals surface area contributed by atoms with E-state index in [-0.39, 0.29) is 5.91 Å². The van der Waals surface area contributed by atoms with Crippen molar-refractivity contribution in [3.63, 3.8) is 0 Å². The lowest BCUT2D eigenvalue weighted by Gasteiger charge is -2.42. The fourth-order valence-electron chi connectivity index (χ4n) is 2.06. The predicted octanol–water partition coefficient (Wildman–Crippen LogP) is 0.838. The molecule has 0 aromatic carbocycles. The van der Waals surface area contributed by atoms with Gasteiger partial charge in [0.25, 0.3) is 0 Å². The number of hydrogen-bond acceptors (Lipinski definition) is 4. The normalized spacial score (nSPS) is 18.8. The lowest BCUT2D eigenvalue weighted by molar-refractivity contribution is -0.126. The Morgan fingerprint density at radius 3 is 2.94 bits per heavy atom.